The van der Waals surface area contributed by atoms with Crippen LogP contribution in [-0.4, -0.2) is 29.5 Å². The Labute approximate surface area is 99.9 Å². The summed E-state index contributed by atoms with van der Waals surface area (Å²) in [5.74, 6) is 0. The Morgan fingerprint density at radius 3 is 2.75 bits per heavy atom. The molecule has 0 bridgehead atoms. The lowest BCUT2D eigenvalue weighted by Gasteiger charge is -2.10. The topological polar surface area (TPSA) is 38.7 Å². The fourth-order valence-corrected chi connectivity index (χ4v) is 1.95. The monoisotopic (exact) mass is 242 g/mol. The number of hydrogen-bond acceptors (Lipinski definition) is 3. The number of aliphatic hydroxyl groups excluding tert-OH is 1. The molecule has 3 unspecified atom stereocenters. The molecular formula is C12H15ClO3. The normalized spacial score (nSPS) is 29.5. The third-order valence-corrected chi connectivity index (χ3v) is 2.94. The number of aliphatic hydroxyl groups is 1. The lowest BCUT2D eigenvalue weighted by molar-refractivity contribution is -0.108. The maximum absolute atomic E-state index is 9.27. The second-order valence-corrected chi connectivity index (χ2v) is 4.46. The van der Waals surface area contributed by atoms with Crippen LogP contribution in [0.4, 0.5) is 0 Å². The Kier molecular flexibility index (Phi) is 4.18. The summed E-state index contributed by atoms with van der Waals surface area (Å²) in [5, 5.41) is 8.96. The van der Waals surface area contributed by atoms with Crippen molar-refractivity contribution in [1.82, 2.24) is 0 Å². The molecule has 0 saturated carbocycles. The molecular weight excluding hydrogens is 228 g/mol. The molecule has 1 fully saturated rings. The van der Waals surface area contributed by atoms with E-state index >= 15 is 0 Å². The summed E-state index contributed by atoms with van der Waals surface area (Å²) < 4.78 is 10.7. The molecule has 1 aliphatic heterocycles. The highest BCUT2D eigenvalue weighted by atomic mass is 35.5. The number of rotatable bonds is 4. The molecule has 0 aliphatic carbocycles. The molecule has 0 amide bonds. The van der Waals surface area contributed by atoms with E-state index in [9.17, 15) is 5.11 Å². The predicted molar refractivity (Wildman–Crippen MR) is 61.2 cm³/mol. The van der Waals surface area contributed by atoms with E-state index in [4.69, 9.17) is 21.1 Å². The summed E-state index contributed by atoms with van der Waals surface area (Å²) in [6, 6.07) is 9.94. The minimum Gasteiger partial charge on any atom is -0.374 e. The first kappa shape index (κ1) is 11.9. The second kappa shape index (κ2) is 5.64. The molecule has 4 heteroatoms. The van der Waals surface area contributed by atoms with E-state index in [1.807, 2.05) is 30.3 Å². The quantitative estimate of drug-likeness (QED) is 0.820. The van der Waals surface area contributed by atoms with Crippen LogP contribution in [0.15, 0.2) is 30.3 Å². The highest BCUT2D eigenvalue weighted by Crippen LogP contribution is 2.23. The Morgan fingerprint density at radius 2 is 2.12 bits per heavy atom. The Morgan fingerprint density at radius 1 is 1.38 bits per heavy atom. The first-order valence-corrected chi connectivity index (χ1v) is 5.78. The standard InChI is InChI=1S/C12H15ClO3/c13-11-6-10(16-12(11)14)8-15-7-9-4-2-1-3-5-9/h1-5,10-12,14H,6-8H2. The number of benzene rings is 1. The van der Waals surface area contributed by atoms with Gasteiger partial charge in [0.1, 0.15) is 0 Å². The SMILES string of the molecule is OC1OC(COCc2ccccc2)CC1Cl. The van der Waals surface area contributed by atoms with Crippen molar-refractivity contribution in [2.24, 2.45) is 0 Å². The van der Waals surface area contributed by atoms with Gasteiger partial charge in [0.05, 0.1) is 24.7 Å². The van der Waals surface area contributed by atoms with Crippen LogP contribution >= 0.6 is 11.6 Å². The van der Waals surface area contributed by atoms with E-state index in [0.29, 0.717) is 19.6 Å². The molecule has 88 valence electrons. The second-order valence-electron chi connectivity index (χ2n) is 3.90. The van der Waals surface area contributed by atoms with Crippen LogP contribution in [0.1, 0.15) is 12.0 Å². The van der Waals surface area contributed by atoms with Crippen molar-refractivity contribution in [2.45, 2.75) is 30.8 Å². The van der Waals surface area contributed by atoms with Gasteiger partial charge in [-0.15, -0.1) is 11.6 Å². The molecule has 3 atom stereocenters. The van der Waals surface area contributed by atoms with Gasteiger partial charge in [0, 0.05) is 0 Å². The number of hydrogen-bond donors (Lipinski definition) is 1. The molecule has 1 aromatic carbocycles. The van der Waals surface area contributed by atoms with Crippen LogP contribution < -0.4 is 0 Å². The highest BCUT2D eigenvalue weighted by Gasteiger charge is 2.32. The minimum absolute atomic E-state index is 0.0961. The van der Waals surface area contributed by atoms with Crippen molar-refractivity contribution < 1.29 is 14.6 Å². The number of halogens is 1. The van der Waals surface area contributed by atoms with Crippen molar-refractivity contribution in [2.75, 3.05) is 6.61 Å². The zero-order valence-corrected chi connectivity index (χ0v) is 9.64. The summed E-state index contributed by atoms with van der Waals surface area (Å²) in [6.07, 6.45) is -0.314. The van der Waals surface area contributed by atoms with Crippen molar-refractivity contribution in [1.29, 1.82) is 0 Å². The predicted octanol–water partition coefficient (Wildman–Crippen LogP) is 1.92. The maximum Gasteiger partial charge on any atom is 0.171 e. The van der Waals surface area contributed by atoms with Crippen molar-refractivity contribution in [3.63, 3.8) is 0 Å². The maximum atomic E-state index is 9.27. The Hall–Kier alpha value is -0.610. The molecule has 2 rings (SSSR count). The van der Waals surface area contributed by atoms with E-state index in [-0.39, 0.29) is 11.5 Å². The molecule has 0 radical (unpaired) electrons. The number of alkyl halides is 1. The minimum atomic E-state index is -0.855. The van der Waals surface area contributed by atoms with Gasteiger partial charge < -0.3 is 14.6 Å². The molecule has 16 heavy (non-hydrogen) atoms. The van der Waals surface area contributed by atoms with E-state index in [1.165, 1.54) is 0 Å². The van der Waals surface area contributed by atoms with Gasteiger partial charge in [0.2, 0.25) is 0 Å². The first-order chi connectivity index (χ1) is 7.75. The third-order valence-electron chi connectivity index (χ3n) is 2.54. The van der Waals surface area contributed by atoms with E-state index < -0.39 is 6.29 Å². The Bertz CT molecular complexity index is 307. The molecule has 1 saturated heterocycles. The number of ether oxygens (including phenoxy) is 2. The smallest absolute Gasteiger partial charge is 0.171 e. The zero-order chi connectivity index (χ0) is 11.4. The molecule has 0 aromatic heterocycles. The molecule has 3 nitrogen and oxygen atoms in total. The summed E-state index contributed by atoms with van der Waals surface area (Å²) in [5.41, 5.74) is 1.13. The summed E-state index contributed by atoms with van der Waals surface area (Å²) in [6.45, 7) is 1.03. The van der Waals surface area contributed by atoms with E-state index in [0.717, 1.165) is 5.56 Å². The molecule has 0 spiro atoms. The average molecular weight is 243 g/mol. The van der Waals surface area contributed by atoms with Crippen LogP contribution in [0.2, 0.25) is 0 Å². The van der Waals surface area contributed by atoms with Gasteiger partial charge in [-0.2, -0.15) is 0 Å². The van der Waals surface area contributed by atoms with Gasteiger partial charge in [0.15, 0.2) is 6.29 Å². The lowest BCUT2D eigenvalue weighted by Crippen LogP contribution is -2.17. The van der Waals surface area contributed by atoms with E-state index in [2.05, 4.69) is 0 Å². The third kappa shape index (κ3) is 3.19. The Balaban J connectivity index is 1.69. The van der Waals surface area contributed by atoms with Crippen molar-refractivity contribution in [3.05, 3.63) is 35.9 Å². The van der Waals surface area contributed by atoms with Crippen LogP contribution in [0.25, 0.3) is 0 Å². The largest absolute Gasteiger partial charge is 0.374 e. The lowest BCUT2D eigenvalue weighted by atomic mass is 10.2. The fraction of sp³-hybridized carbons (Fsp3) is 0.500. The summed E-state index contributed by atoms with van der Waals surface area (Å²) in [7, 11) is 0. The van der Waals surface area contributed by atoms with E-state index in [1.54, 1.807) is 0 Å². The van der Waals surface area contributed by atoms with Crippen LogP contribution in [0.3, 0.4) is 0 Å². The first-order valence-electron chi connectivity index (χ1n) is 5.35. The average Bonchev–Trinajstić information content (AvgIpc) is 2.60. The van der Waals surface area contributed by atoms with Gasteiger partial charge in [0.25, 0.3) is 0 Å². The van der Waals surface area contributed by atoms with Crippen LogP contribution in [0, 0.1) is 0 Å². The van der Waals surface area contributed by atoms with Gasteiger partial charge in [-0.05, 0) is 12.0 Å². The summed E-state index contributed by atoms with van der Waals surface area (Å²) >= 11 is 5.82. The van der Waals surface area contributed by atoms with Crippen LogP contribution in [-0.2, 0) is 16.1 Å². The van der Waals surface area contributed by atoms with Crippen LogP contribution in [0.5, 0.6) is 0 Å². The van der Waals surface area contributed by atoms with Gasteiger partial charge >= 0.3 is 0 Å². The van der Waals surface area contributed by atoms with Gasteiger partial charge in [-0.1, -0.05) is 30.3 Å². The molecule has 1 heterocycles. The zero-order valence-electron chi connectivity index (χ0n) is 8.88. The summed E-state index contributed by atoms with van der Waals surface area (Å²) in [4.78, 5) is 0. The van der Waals surface area contributed by atoms with Gasteiger partial charge in [-0.25, -0.2) is 0 Å². The molecule has 1 aromatic rings. The fourth-order valence-electron chi connectivity index (χ4n) is 1.70. The van der Waals surface area contributed by atoms with Gasteiger partial charge in [-0.3, -0.25) is 0 Å². The highest BCUT2D eigenvalue weighted by molar-refractivity contribution is 6.21. The van der Waals surface area contributed by atoms with Crippen molar-refractivity contribution >= 4 is 11.6 Å². The molecule has 1 N–H and O–H groups in total. The van der Waals surface area contributed by atoms with Crippen molar-refractivity contribution in [3.8, 4) is 0 Å². The molecule has 1 aliphatic rings.